The number of aromatic nitrogens is 2. The van der Waals surface area contributed by atoms with Gasteiger partial charge in [-0.25, -0.2) is 9.97 Å². The van der Waals surface area contributed by atoms with Gasteiger partial charge in [-0.1, -0.05) is 0 Å². The van der Waals surface area contributed by atoms with E-state index in [1.54, 1.807) is 47.1 Å². The van der Waals surface area contributed by atoms with Crippen LogP contribution < -0.4 is 5.32 Å². The number of anilines is 2. The summed E-state index contributed by atoms with van der Waals surface area (Å²) in [5.74, 6) is 0.172. The minimum absolute atomic E-state index is 0.0221. The van der Waals surface area contributed by atoms with Crippen molar-refractivity contribution < 1.29 is 9.59 Å². The van der Waals surface area contributed by atoms with Crippen LogP contribution in [0.2, 0.25) is 0 Å². The third kappa shape index (κ3) is 4.39. The number of amides is 2. The number of benzene rings is 1. The van der Waals surface area contributed by atoms with E-state index in [2.05, 4.69) is 21.4 Å². The highest BCUT2D eigenvalue weighted by atomic mass is 16.2. The van der Waals surface area contributed by atoms with E-state index >= 15 is 0 Å². The predicted molar refractivity (Wildman–Crippen MR) is 99.4 cm³/mol. The smallest absolute Gasteiger partial charge is 0.272 e. The molecule has 0 aliphatic carbocycles. The van der Waals surface area contributed by atoms with Crippen LogP contribution in [0.3, 0.4) is 0 Å². The molecular formula is C19H20N6O2. The standard InChI is InChI=1S/C19H20N6O2/c1-13-11-17(18(27)25-9-7-24(8-10-25)14(2)26)23-19(21-13)22-16-5-3-15(12-20)4-6-16/h3-6,11H,7-10H2,1-2H3,(H,21,22,23). The summed E-state index contributed by atoms with van der Waals surface area (Å²) in [5, 5.41) is 11.9. The normalized spacial score (nSPS) is 13.8. The summed E-state index contributed by atoms with van der Waals surface area (Å²) in [6.07, 6.45) is 0. The van der Waals surface area contributed by atoms with Crippen LogP contribution in [0.25, 0.3) is 0 Å². The number of nitrogens with zero attached hydrogens (tertiary/aromatic N) is 5. The zero-order valence-corrected chi connectivity index (χ0v) is 15.3. The Kier molecular flexibility index (Phi) is 5.31. The summed E-state index contributed by atoms with van der Waals surface area (Å²) in [6, 6.07) is 10.6. The molecule has 1 aromatic carbocycles. The van der Waals surface area contributed by atoms with Crippen molar-refractivity contribution in [2.24, 2.45) is 0 Å². The number of rotatable bonds is 3. The molecule has 0 bridgehead atoms. The lowest BCUT2D eigenvalue weighted by Crippen LogP contribution is -2.50. The topological polar surface area (TPSA) is 102 Å². The fourth-order valence-electron chi connectivity index (χ4n) is 2.88. The summed E-state index contributed by atoms with van der Waals surface area (Å²) < 4.78 is 0. The molecule has 1 aliphatic heterocycles. The Bertz CT molecular complexity index is 895. The lowest BCUT2D eigenvalue weighted by atomic mass is 10.2. The van der Waals surface area contributed by atoms with E-state index in [0.717, 1.165) is 5.69 Å². The maximum absolute atomic E-state index is 12.8. The Morgan fingerprint density at radius 1 is 1.07 bits per heavy atom. The molecule has 2 aromatic rings. The highest BCUT2D eigenvalue weighted by Gasteiger charge is 2.24. The Labute approximate surface area is 157 Å². The van der Waals surface area contributed by atoms with Gasteiger partial charge in [-0.15, -0.1) is 0 Å². The van der Waals surface area contributed by atoms with Gasteiger partial charge in [0.25, 0.3) is 5.91 Å². The molecule has 1 aliphatic rings. The van der Waals surface area contributed by atoms with Crippen molar-refractivity contribution in [1.82, 2.24) is 19.8 Å². The molecule has 8 nitrogen and oxygen atoms in total. The second-order valence-electron chi connectivity index (χ2n) is 6.33. The number of aryl methyl sites for hydroxylation is 1. The van der Waals surface area contributed by atoms with E-state index in [0.29, 0.717) is 49.1 Å². The van der Waals surface area contributed by atoms with E-state index in [9.17, 15) is 9.59 Å². The Hall–Kier alpha value is -3.47. The Morgan fingerprint density at radius 2 is 1.70 bits per heavy atom. The Balaban J connectivity index is 1.73. The van der Waals surface area contributed by atoms with Gasteiger partial charge in [0, 0.05) is 44.5 Å². The van der Waals surface area contributed by atoms with Gasteiger partial charge in [0.15, 0.2) is 0 Å². The van der Waals surface area contributed by atoms with Crippen molar-refractivity contribution in [3.8, 4) is 6.07 Å². The number of hydrogen-bond acceptors (Lipinski definition) is 6. The molecule has 1 aromatic heterocycles. The molecule has 1 fully saturated rings. The van der Waals surface area contributed by atoms with E-state index in [1.165, 1.54) is 6.92 Å². The first-order valence-electron chi connectivity index (χ1n) is 8.64. The van der Waals surface area contributed by atoms with Crippen LogP contribution in [-0.4, -0.2) is 57.8 Å². The number of carbonyl (C=O) groups is 2. The fourth-order valence-corrected chi connectivity index (χ4v) is 2.88. The van der Waals surface area contributed by atoms with Gasteiger partial charge in [-0.05, 0) is 37.3 Å². The first-order chi connectivity index (χ1) is 13.0. The highest BCUT2D eigenvalue weighted by molar-refractivity contribution is 5.93. The summed E-state index contributed by atoms with van der Waals surface area (Å²) >= 11 is 0. The number of piperazine rings is 1. The maximum atomic E-state index is 12.8. The van der Waals surface area contributed by atoms with Gasteiger partial charge >= 0.3 is 0 Å². The second-order valence-corrected chi connectivity index (χ2v) is 6.33. The highest BCUT2D eigenvalue weighted by Crippen LogP contribution is 2.16. The van der Waals surface area contributed by atoms with Crippen LogP contribution in [0.15, 0.2) is 30.3 Å². The summed E-state index contributed by atoms with van der Waals surface area (Å²) in [4.78, 5) is 36.3. The molecule has 8 heteroatoms. The van der Waals surface area contributed by atoms with Gasteiger partial charge in [-0.3, -0.25) is 9.59 Å². The zero-order valence-electron chi connectivity index (χ0n) is 15.3. The molecule has 2 heterocycles. The van der Waals surface area contributed by atoms with Gasteiger partial charge in [0.2, 0.25) is 11.9 Å². The van der Waals surface area contributed by atoms with Crippen molar-refractivity contribution in [3.05, 3.63) is 47.3 Å². The van der Waals surface area contributed by atoms with Crippen molar-refractivity contribution >= 4 is 23.5 Å². The van der Waals surface area contributed by atoms with E-state index < -0.39 is 0 Å². The second kappa shape index (κ2) is 7.83. The maximum Gasteiger partial charge on any atom is 0.272 e. The zero-order chi connectivity index (χ0) is 19.4. The summed E-state index contributed by atoms with van der Waals surface area (Å²) in [7, 11) is 0. The molecule has 0 saturated carbocycles. The molecule has 0 atom stereocenters. The molecule has 1 N–H and O–H groups in total. The summed E-state index contributed by atoms with van der Waals surface area (Å²) in [6.45, 7) is 5.37. The minimum Gasteiger partial charge on any atom is -0.339 e. The van der Waals surface area contributed by atoms with Crippen molar-refractivity contribution in [1.29, 1.82) is 5.26 Å². The van der Waals surface area contributed by atoms with Crippen molar-refractivity contribution in [3.63, 3.8) is 0 Å². The molecular weight excluding hydrogens is 344 g/mol. The van der Waals surface area contributed by atoms with E-state index in [4.69, 9.17) is 5.26 Å². The molecule has 2 amide bonds. The summed E-state index contributed by atoms with van der Waals surface area (Å²) in [5.41, 5.74) is 2.28. The van der Waals surface area contributed by atoms with Gasteiger partial charge in [0.1, 0.15) is 5.69 Å². The van der Waals surface area contributed by atoms with E-state index in [-0.39, 0.29) is 11.8 Å². The fraction of sp³-hybridized carbons (Fsp3) is 0.316. The lowest BCUT2D eigenvalue weighted by Gasteiger charge is -2.34. The molecule has 138 valence electrons. The molecule has 27 heavy (non-hydrogen) atoms. The van der Waals surface area contributed by atoms with Crippen LogP contribution in [0.5, 0.6) is 0 Å². The SMILES string of the molecule is CC(=O)N1CCN(C(=O)c2cc(C)nc(Nc3ccc(C#N)cc3)n2)CC1. The minimum atomic E-state index is -0.174. The third-order valence-corrected chi connectivity index (χ3v) is 4.36. The average Bonchev–Trinajstić information content (AvgIpc) is 2.67. The van der Waals surface area contributed by atoms with E-state index in [1.807, 2.05) is 0 Å². The first kappa shape index (κ1) is 18.3. The van der Waals surface area contributed by atoms with Crippen molar-refractivity contribution in [2.75, 3.05) is 31.5 Å². The lowest BCUT2D eigenvalue weighted by molar-refractivity contribution is -0.130. The average molecular weight is 364 g/mol. The van der Waals surface area contributed by atoms with Crippen molar-refractivity contribution in [2.45, 2.75) is 13.8 Å². The number of nitriles is 1. The molecule has 3 rings (SSSR count). The van der Waals surface area contributed by atoms with Crippen LogP contribution in [0.4, 0.5) is 11.6 Å². The third-order valence-electron chi connectivity index (χ3n) is 4.36. The number of carbonyl (C=O) groups excluding carboxylic acids is 2. The predicted octanol–water partition coefficient (Wildman–Crippen LogP) is 1.70. The van der Waals surface area contributed by atoms with Crippen LogP contribution >= 0.6 is 0 Å². The van der Waals surface area contributed by atoms with Gasteiger partial charge in [-0.2, -0.15) is 5.26 Å². The molecule has 0 radical (unpaired) electrons. The van der Waals surface area contributed by atoms with Crippen LogP contribution in [0.1, 0.15) is 28.7 Å². The Morgan fingerprint density at radius 3 is 2.30 bits per heavy atom. The van der Waals surface area contributed by atoms with Gasteiger partial charge < -0.3 is 15.1 Å². The number of hydrogen-bond donors (Lipinski definition) is 1. The first-order valence-corrected chi connectivity index (χ1v) is 8.64. The molecule has 0 spiro atoms. The number of nitrogens with one attached hydrogen (secondary N) is 1. The largest absolute Gasteiger partial charge is 0.339 e. The molecule has 1 saturated heterocycles. The van der Waals surface area contributed by atoms with Crippen LogP contribution in [-0.2, 0) is 4.79 Å². The van der Waals surface area contributed by atoms with Crippen LogP contribution in [0, 0.1) is 18.3 Å². The molecule has 0 unspecified atom stereocenters. The monoisotopic (exact) mass is 364 g/mol. The van der Waals surface area contributed by atoms with Gasteiger partial charge in [0.05, 0.1) is 11.6 Å². The quantitative estimate of drug-likeness (QED) is 0.889.